The van der Waals surface area contributed by atoms with E-state index in [0.29, 0.717) is 5.69 Å². The topological polar surface area (TPSA) is 67.7 Å². The van der Waals surface area contributed by atoms with Crippen LogP contribution in [0.5, 0.6) is 0 Å². The molecule has 2 heterocycles. The van der Waals surface area contributed by atoms with Crippen molar-refractivity contribution in [2.75, 3.05) is 5.73 Å². The molecule has 4 nitrogen and oxygen atoms in total. The Morgan fingerprint density at radius 1 is 1.50 bits per heavy atom. The largest absolute Gasteiger partial charge is 0.478 e. The summed E-state index contributed by atoms with van der Waals surface area (Å²) in [5, 5.41) is 8.80. The maximum absolute atomic E-state index is 10.7. The van der Waals surface area contributed by atoms with Crippen molar-refractivity contribution in [3.63, 3.8) is 0 Å². The van der Waals surface area contributed by atoms with Crippen molar-refractivity contribution in [1.29, 1.82) is 0 Å². The van der Waals surface area contributed by atoms with E-state index in [0.717, 1.165) is 11.2 Å². The maximum Gasteiger partial charge on any atom is 0.337 e. The van der Waals surface area contributed by atoms with Crippen molar-refractivity contribution in [2.24, 2.45) is 0 Å². The van der Waals surface area contributed by atoms with E-state index in [9.17, 15) is 4.79 Å². The summed E-state index contributed by atoms with van der Waals surface area (Å²) in [7, 11) is 0. The van der Waals surface area contributed by atoms with Gasteiger partial charge in [-0.25, -0.2) is 4.79 Å². The van der Waals surface area contributed by atoms with E-state index >= 15 is 0 Å². The van der Waals surface area contributed by atoms with Crippen molar-refractivity contribution < 1.29 is 9.90 Å². The Hall–Kier alpha value is -1.97. The van der Waals surface area contributed by atoms with Gasteiger partial charge in [0.2, 0.25) is 0 Å². The molecule has 0 fully saturated rings. The SMILES string of the molecule is Cc1c(N)ccc2cc(C(=O)O)cn12. The van der Waals surface area contributed by atoms with Gasteiger partial charge in [-0.2, -0.15) is 0 Å². The van der Waals surface area contributed by atoms with E-state index in [4.69, 9.17) is 10.8 Å². The number of aromatic nitrogens is 1. The highest BCUT2D eigenvalue weighted by Gasteiger charge is 2.08. The number of anilines is 1. The number of nitrogens with zero attached hydrogens (tertiary/aromatic N) is 1. The first-order valence-corrected chi connectivity index (χ1v) is 4.20. The van der Waals surface area contributed by atoms with E-state index in [2.05, 4.69) is 0 Å². The van der Waals surface area contributed by atoms with Crippen molar-refractivity contribution in [3.8, 4) is 0 Å². The Balaban J connectivity index is 2.77. The molecule has 0 unspecified atom stereocenters. The number of hydrogen-bond acceptors (Lipinski definition) is 2. The molecule has 0 saturated carbocycles. The predicted octanol–water partition coefficient (Wildman–Crippen LogP) is 1.53. The number of nitrogens with two attached hydrogens (primary N) is 1. The summed E-state index contributed by atoms with van der Waals surface area (Å²) < 4.78 is 1.78. The molecule has 0 amide bonds. The Labute approximate surface area is 80.6 Å². The van der Waals surface area contributed by atoms with Gasteiger partial charge < -0.3 is 15.2 Å². The number of carboxylic acid groups (broad SMARTS) is 1. The lowest BCUT2D eigenvalue weighted by atomic mass is 10.3. The normalized spacial score (nSPS) is 10.6. The monoisotopic (exact) mass is 190 g/mol. The van der Waals surface area contributed by atoms with Crippen LogP contribution in [0.15, 0.2) is 24.4 Å². The van der Waals surface area contributed by atoms with Crippen LogP contribution >= 0.6 is 0 Å². The second kappa shape index (κ2) is 2.77. The molecule has 0 aliphatic rings. The van der Waals surface area contributed by atoms with Gasteiger partial charge in [0.1, 0.15) is 0 Å². The molecule has 0 spiro atoms. The van der Waals surface area contributed by atoms with E-state index in [1.807, 2.05) is 6.92 Å². The van der Waals surface area contributed by atoms with Crippen LogP contribution in [-0.4, -0.2) is 15.5 Å². The fourth-order valence-corrected chi connectivity index (χ4v) is 1.45. The first-order valence-electron chi connectivity index (χ1n) is 4.20. The van der Waals surface area contributed by atoms with E-state index in [-0.39, 0.29) is 5.56 Å². The van der Waals surface area contributed by atoms with Crippen LogP contribution < -0.4 is 5.73 Å². The van der Waals surface area contributed by atoms with Crippen molar-refractivity contribution >= 4 is 17.2 Å². The highest BCUT2D eigenvalue weighted by Crippen LogP contribution is 2.17. The lowest BCUT2D eigenvalue weighted by Crippen LogP contribution is -1.96. The van der Waals surface area contributed by atoms with E-state index in [1.165, 1.54) is 0 Å². The molecule has 14 heavy (non-hydrogen) atoms. The van der Waals surface area contributed by atoms with Crippen LogP contribution in [-0.2, 0) is 0 Å². The summed E-state index contributed by atoms with van der Waals surface area (Å²) in [6.45, 7) is 1.86. The van der Waals surface area contributed by atoms with Gasteiger partial charge in [0.05, 0.1) is 11.3 Å². The zero-order chi connectivity index (χ0) is 10.3. The Bertz CT molecular complexity index is 514. The van der Waals surface area contributed by atoms with Crippen molar-refractivity contribution in [3.05, 3.63) is 35.7 Å². The number of carbonyl (C=O) groups is 1. The molecule has 0 aliphatic carbocycles. The van der Waals surface area contributed by atoms with Gasteiger partial charge in [-0.1, -0.05) is 0 Å². The number of nitrogen functional groups attached to an aromatic ring is 1. The predicted molar refractivity (Wildman–Crippen MR) is 53.5 cm³/mol. The minimum atomic E-state index is -0.924. The summed E-state index contributed by atoms with van der Waals surface area (Å²) in [5.74, 6) is -0.924. The molecule has 2 aromatic rings. The van der Waals surface area contributed by atoms with Gasteiger partial charge in [0, 0.05) is 17.4 Å². The molecule has 72 valence electrons. The van der Waals surface area contributed by atoms with Crippen LogP contribution in [0.2, 0.25) is 0 Å². The maximum atomic E-state index is 10.7. The van der Waals surface area contributed by atoms with Crippen molar-refractivity contribution in [1.82, 2.24) is 4.40 Å². The molecule has 0 aromatic carbocycles. The lowest BCUT2D eigenvalue weighted by molar-refractivity contribution is 0.0697. The summed E-state index contributed by atoms with van der Waals surface area (Å²) in [5.41, 5.74) is 8.34. The molecule has 0 bridgehead atoms. The van der Waals surface area contributed by atoms with Gasteiger partial charge in [-0.15, -0.1) is 0 Å². The molecular weight excluding hydrogens is 180 g/mol. The molecule has 0 atom stereocenters. The minimum Gasteiger partial charge on any atom is -0.478 e. The quantitative estimate of drug-likeness (QED) is 0.716. The number of aromatic carboxylic acids is 1. The number of carboxylic acids is 1. The van der Waals surface area contributed by atoms with Crippen molar-refractivity contribution in [2.45, 2.75) is 6.92 Å². The van der Waals surface area contributed by atoms with Gasteiger partial charge in [0.15, 0.2) is 0 Å². The summed E-state index contributed by atoms with van der Waals surface area (Å²) in [6, 6.07) is 5.19. The Kier molecular flexibility index (Phi) is 1.70. The number of fused-ring (bicyclic) bond motifs is 1. The third-order valence-corrected chi connectivity index (χ3v) is 2.31. The van der Waals surface area contributed by atoms with E-state index < -0.39 is 5.97 Å². The van der Waals surface area contributed by atoms with Crippen LogP contribution in [0.3, 0.4) is 0 Å². The third kappa shape index (κ3) is 1.12. The minimum absolute atomic E-state index is 0.277. The summed E-state index contributed by atoms with van der Waals surface area (Å²) in [4.78, 5) is 10.7. The second-order valence-corrected chi connectivity index (χ2v) is 3.20. The molecule has 3 N–H and O–H groups in total. The number of aryl methyl sites for hydroxylation is 1. The number of hydrogen-bond donors (Lipinski definition) is 2. The highest BCUT2D eigenvalue weighted by molar-refractivity contribution is 5.89. The first-order chi connectivity index (χ1) is 6.59. The van der Waals surface area contributed by atoms with Crippen LogP contribution in [0.25, 0.3) is 5.52 Å². The number of pyridine rings is 1. The van der Waals surface area contributed by atoms with Gasteiger partial charge in [-0.05, 0) is 25.1 Å². The third-order valence-electron chi connectivity index (χ3n) is 2.31. The average Bonchev–Trinajstić information content (AvgIpc) is 2.56. The first kappa shape index (κ1) is 8.62. The zero-order valence-electron chi connectivity index (χ0n) is 7.69. The fraction of sp³-hybridized carbons (Fsp3) is 0.100. The highest BCUT2D eigenvalue weighted by atomic mass is 16.4. The molecular formula is C10H10N2O2. The summed E-state index contributed by atoms with van der Waals surface area (Å²) >= 11 is 0. The molecule has 0 saturated heterocycles. The zero-order valence-corrected chi connectivity index (χ0v) is 7.69. The van der Waals surface area contributed by atoms with Gasteiger partial charge in [0.25, 0.3) is 0 Å². The number of rotatable bonds is 1. The lowest BCUT2D eigenvalue weighted by Gasteiger charge is -2.02. The van der Waals surface area contributed by atoms with E-state index in [1.54, 1.807) is 28.8 Å². The smallest absolute Gasteiger partial charge is 0.337 e. The molecule has 0 aliphatic heterocycles. The fourth-order valence-electron chi connectivity index (χ4n) is 1.45. The Morgan fingerprint density at radius 2 is 2.21 bits per heavy atom. The van der Waals surface area contributed by atoms with Gasteiger partial charge in [-0.3, -0.25) is 0 Å². The average molecular weight is 190 g/mol. The van der Waals surface area contributed by atoms with Crippen LogP contribution in [0, 0.1) is 6.92 Å². The molecule has 2 aromatic heterocycles. The Morgan fingerprint density at radius 3 is 2.86 bits per heavy atom. The molecule has 0 radical (unpaired) electrons. The van der Waals surface area contributed by atoms with Crippen LogP contribution in [0.4, 0.5) is 5.69 Å². The van der Waals surface area contributed by atoms with Gasteiger partial charge >= 0.3 is 5.97 Å². The second-order valence-electron chi connectivity index (χ2n) is 3.20. The summed E-state index contributed by atoms with van der Waals surface area (Å²) in [6.07, 6.45) is 1.57. The van der Waals surface area contributed by atoms with Crippen LogP contribution in [0.1, 0.15) is 16.1 Å². The standard InChI is InChI=1S/C10H10N2O2/c1-6-9(11)3-2-8-4-7(10(13)14)5-12(6)8/h2-5H,11H2,1H3,(H,13,14). The molecule has 2 rings (SSSR count). The molecule has 4 heteroatoms.